The summed E-state index contributed by atoms with van der Waals surface area (Å²) in [6.45, 7) is 2.88. The average Bonchev–Trinajstić information content (AvgIpc) is 2.45. The van der Waals surface area contributed by atoms with Crippen molar-refractivity contribution in [3.8, 4) is 6.07 Å². The number of benzene rings is 2. The summed E-state index contributed by atoms with van der Waals surface area (Å²) in [5.41, 5.74) is 3.06. The molecule has 0 saturated carbocycles. The second kappa shape index (κ2) is 6.51. The lowest BCUT2D eigenvalue weighted by Gasteiger charge is -2.16. The zero-order valence-corrected chi connectivity index (χ0v) is 12.3. The van der Waals surface area contributed by atoms with Crippen molar-refractivity contribution < 1.29 is 0 Å². The molecule has 3 heteroatoms. The third-order valence-electron chi connectivity index (χ3n) is 3.04. The minimum atomic E-state index is 0.251. The van der Waals surface area contributed by atoms with E-state index in [-0.39, 0.29) is 6.04 Å². The number of nitriles is 1. The van der Waals surface area contributed by atoms with E-state index < -0.39 is 0 Å². The molecule has 0 aliphatic carbocycles. The highest BCUT2D eigenvalue weighted by Gasteiger charge is 2.07. The van der Waals surface area contributed by atoms with Gasteiger partial charge in [0.2, 0.25) is 0 Å². The van der Waals surface area contributed by atoms with Gasteiger partial charge in [-0.25, -0.2) is 0 Å². The van der Waals surface area contributed by atoms with E-state index in [0.717, 1.165) is 16.6 Å². The standard InChI is InChI=1S/C16H15BrN2/c1-12(15-7-2-3-8-16(15)17)19-11-14-6-4-5-13(9-14)10-18/h2-9,12,19H,11H2,1H3. The lowest BCUT2D eigenvalue weighted by molar-refractivity contribution is 0.573. The van der Waals surface area contributed by atoms with Crippen molar-refractivity contribution >= 4 is 15.9 Å². The van der Waals surface area contributed by atoms with Crippen molar-refractivity contribution in [3.05, 3.63) is 69.7 Å². The lowest BCUT2D eigenvalue weighted by atomic mass is 10.1. The highest BCUT2D eigenvalue weighted by Crippen LogP contribution is 2.22. The fourth-order valence-electron chi connectivity index (χ4n) is 1.96. The topological polar surface area (TPSA) is 35.8 Å². The van der Waals surface area contributed by atoms with Crippen molar-refractivity contribution in [1.82, 2.24) is 5.32 Å². The summed E-state index contributed by atoms with van der Waals surface area (Å²) < 4.78 is 1.11. The molecule has 2 aromatic rings. The van der Waals surface area contributed by atoms with E-state index in [0.29, 0.717) is 5.56 Å². The van der Waals surface area contributed by atoms with Crippen molar-refractivity contribution in [1.29, 1.82) is 5.26 Å². The van der Waals surface area contributed by atoms with Gasteiger partial charge in [0.05, 0.1) is 11.6 Å². The Labute approximate surface area is 122 Å². The van der Waals surface area contributed by atoms with E-state index in [9.17, 15) is 0 Å². The molecule has 0 fully saturated rings. The first-order chi connectivity index (χ1) is 9.20. The molecular weight excluding hydrogens is 300 g/mol. The Morgan fingerprint density at radius 1 is 1.21 bits per heavy atom. The molecule has 0 aromatic heterocycles. The molecule has 2 aromatic carbocycles. The molecule has 0 saturated heterocycles. The maximum atomic E-state index is 8.88. The first kappa shape index (κ1) is 13.8. The number of hydrogen-bond donors (Lipinski definition) is 1. The number of halogens is 1. The summed E-state index contributed by atoms with van der Waals surface area (Å²) in [4.78, 5) is 0. The van der Waals surface area contributed by atoms with Crippen molar-refractivity contribution in [3.63, 3.8) is 0 Å². The van der Waals surface area contributed by atoms with Gasteiger partial charge in [-0.15, -0.1) is 0 Å². The van der Waals surface area contributed by atoms with Crippen LogP contribution in [0.15, 0.2) is 53.0 Å². The molecule has 0 amide bonds. The second-order valence-corrected chi connectivity index (χ2v) is 5.29. The SMILES string of the molecule is CC(NCc1cccc(C#N)c1)c1ccccc1Br. The second-order valence-electron chi connectivity index (χ2n) is 4.44. The van der Waals surface area contributed by atoms with E-state index >= 15 is 0 Å². The Morgan fingerprint density at radius 3 is 2.74 bits per heavy atom. The molecule has 96 valence electrons. The van der Waals surface area contributed by atoms with Crippen LogP contribution in [0.4, 0.5) is 0 Å². The smallest absolute Gasteiger partial charge is 0.0991 e. The Bertz CT molecular complexity index is 602. The fraction of sp³-hybridized carbons (Fsp3) is 0.188. The molecule has 1 N–H and O–H groups in total. The zero-order chi connectivity index (χ0) is 13.7. The Kier molecular flexibility index (Phi) is 4.73. The third kappa shape index (κ3) is 3.66. The molecular formula is C16H15BrN2. The van der Waals surface area contributed by atoms with Gasteiger partial charge in [-0.1, -0.05) is 46.3 Å². The molecule has 0 aliphatic rings. The summed E-state index contributed by atoms with van der Waals surface area (Å²) in [6, 6.07) is 18.3. The van der Waals surface area contributed by atoms with Gasteiger partial charge < -0.3 is 5.32 Å². The average molecular weight is 315 g/mol. The van der Waals surface area contributed by atoms with Gasteiger partial charge >= 0.3 is 0 Å². The molecule has 0 bridgehead atoms. The van der Waals surface area contributed by atoms with Crippen LogP contribution in [0.2, 0.25) is 0 Å². The van der Waals surface area contributed by atoms with Gasteiger partial charge in [-0.2, -0.15) is 5.26 Å². The molecule has 0 spiro atoms. The molecule has 1 unspecified atom stereocenters. The summed E-state index contributed by atoms with van der Waals surface area (Å²) in [5.74, 6) is 0. The van der Waals surface area contributed by atoms with Gasteiger partial charge in [-0.05, 0) is 36.2 Å². The van der Waals surface area contributed by atoms with Crippen LogP contribution in [0.1, 0.15) is 29.7 Å². The minimum absolute atomic E-state index is 0.251. The number of nitrogens with one attached hydrogen (secondary N) is 1. The molecule has 2 rings (SSSR count). The van der Waals surface area contributed by atoms with Gasteiger partial charge in [0.15, 0.2) is 0 Å². The molecule has 0 radical (unpaired) electrons. The monoisotopic (exact) mass is 314 g/mol. The van der Waals surface area contributed by atoms with Crippen molar-refractivity contribution in [2.24, 2.45) is 0 Å². The molecule has 1 atom stereocenters. The van der Waals surface area contributed by atoms with E-state index in [1.54, 1.807) is 0 Å². The number of rotatable bonds is 4. The van der Waals surface area contributed by atoms with Crippen LogP contribution >= 0.6 is 15.9 Å². The zero-order valence-electron chi connectivity index (χ0n) is 10.7. The highest BCUT2D eigenvalue weighted by molar-refractivity contribution is 9.10. The predicted octanol–water partition coefficient (Wildman–Crippen LogP) is 4.17. The summed E-state index contributed by atoms with van der Waals surface area (Å²) in [6.07, 6.45) is 0. The van der Waals surface area contributed by atoms with E-state index in [4.69, 9.17) is 5.26 Å². The normalized spacial score (nSPS) is 11.8. The largest absolute Gasteiger partial charge is 0.306 e. The first-order valence-corrected chi connectivity index (χ1v) is 6.97. The van der Waals surface area contributed by atoms with E-state index in [1.807, 2.05) is 42.5 Å². The highest BCUT2D eigenvalue weighted by atomic mass is 79.9. The number of nitrogens with zero attached hydrogens (tertiary/aromatic N) is 1. The van der Waals surface area contributed by atoms with Gasteiger partial charge in [0.1, 0.15) is 0 Å². The fourth-order valence-corrected chi connectivity index (χ4v) is 2.59. The quantitative estimate of drug-likeness (QED) is 0.919. The Morgan fingerprint density at radius 2 is 2.00 bits per heavy atom. The molecule has 0 aliphatic heterocycles. The van der Waals surface area contributed by atoms with Crippen LogP contribution < -0.4 is 5.32 Å². The third-order valence-corrected chi connectivity index (χ3v) is 3.76. The van der Waals surface area contributed by atoms with Crippen LogP contribution in [-0.2, 0) is 6.54 Å². The maximum absolute atomic E-state index is 8.88. The number of hydrogen-bond acceptors (Lipinski definition) is 2. The van der Waals surface area contributed by atoms with Crippen LogP contribution in [0.25, 0.3) is 0 Å². The maximum Gasteiger partial charge on any atom is 0.0991 e. The van der Waals surface area contributed by atoms with Crippen LogP contribution in [-0.4, -0.2) is 0 Å². The Balaban J connectivity index is 2.03. The summed E-state index contributed by atoms with van der Waals surface area (Å²) >= 11 is 3.56. The van der Waals surface area contributed by atoms with Crippen molar-refractivity contribution in [2.75, 3.05) is 0 Å². The first-order valence-electron chi connectivity index (χ1n) is 6.17. The molecule has 0 heterocycles. The molecule has 2 nitrogen and oxygen atoms in total. The summed E-state index contributed by atoms with van der Waals surface area (Å²) in [7, 11) is 0. The van der Waals surface area contributed by atoms with E-state index in [2.05, 4.69) is 40.3 Å². The van der Waals surface area contributed by atoms with Crippen LogP contribution in [0.3, 0.4) is 0 Å². The summed E-state index contributed by atoms with van der Waals surface area (Å²) in [5, 5.41) is 12.3. The molecule has 19 heavy (non-hydrogen) atoms. The van der Waals surface area contributed by atoms with Gasteiger partial charge in [0, 0.05) is 17.1 Å². The van der Waals surface area contributed by atoms with Crippen LogP contribution in [0.5, 0.6) is 0 Å². The predicted molar refractivity (Wildman–Crippen MR) is 80.6 cm³/mol. The lowest BCUT2D eigenvalue weighted by Crippen LogP contribution is -2.18. The van der Waals surface area contributed by atoms with Gasteiger partial charge in [-0.3, -0.25) is 0 Å². The van der Waals surface area contributed by atoms with E-state index in [1.165, 1.54) is 5.56 Å². The minimum Gasteiger partial charge on any atom is -0.306 e. The van der Waals surface area contributed by atoms with Crippen LogP contribution in [0, 0.1) is 11.3 Å². The van der Waals surface area contributed by atoms with Crippen molar-refractivity contribution in [2.45, 2.75) is 19.5 Å². The van der Waals surface area contributed by atoms with Gasteiger partial charge in [0.25, 0.3) is 0 Å². The Hall–Kier alpha value is -1.63.